The second-order valence-electron chi connectivity index (χ2n) is 5.72. The van der Waals surface area contributed by atoms with Gasteiger partial charge in [0.1, 0.15) is 0 Å². The molecule has 0 saturated carbocycles. The zero-order valence-corrected chi connectivity index (χ0v) is 14.1. The Balaban J connectivity index is 1.57. The topological polar surface area (TPSA) is 77.6 Å². The van der Waals surface area contributed by atoms with Gasteiger partial charge in [0.25, 0.3) is 5.91 Å². The van der Waals surface area contributed by atoms with Crippen molar-refractivity contribution in [3.63, 3.8) is 0 Å². The molecule has 0 bridgehead atoms. The van der Waals surface area contributed by atoms with Crippen molar-refractivity contribution in [3.05, 3.63) is 54.1 Å². The highest BCUT2D eigenvalue weighted by molar-refractivity contribution is 5.94. The lowest BCUT2D eigenvalue weighted by molar-refractivity contribution is 0.0545. The Morgan fingerprint density at radius 1 is 1.27 bits per heavy atom. The van der Waals surface area contributed by atoms with E-state index in [4.69, 9.17) is 0 Å². The fourth-order valence-corrected chi connectivity index (χ4v) is 2.60. The molecule has 0 unspecified atom stereocenters. The van der Waals surface area contributed by atoms with Crippen molar-refractivity contribution in [2.24, 2.45) is 0 Å². The van der Waals surface area contributed by atoms with Crippen LogP contribution in [0.5, 0.6) is 0 Å². The molecule has 7 nitrogen and oxygen atoms in total. The quantitative estimate of drug-likeness (QED) is 0.657. The van der Waals surface area contributed by atoms with Crippen molar-refractivity contribution in [1.29, 1.82) is 0 Å². The molecule has 0 aliphatic carbocycles. The van der Waals surface area contributed by atoms with Crippen LogP contribution >= 0.6 is 0 Å². The largest absolute Gasteiger partial charge is 0.352 e. The van der Waals surface area contributed by atoms with Gasteiger partial charge in [0.05, 0.1) is 12.4 Å². The Labute approximate surface area is 148 Å². The van der Waals surface area contributed by atoms with Crippen LogP contribution in [0.25, 0.3) is 11.1 Å². The Hall–Kier alpha value is -3.10. The lowest BCUT2D eigenvalue weighted by atomic mass is 10.0. The minimum Gasteiger partial charge on any atom is -0.352 e. The first-order valence-corrected chi connectivity index (χ1v) is 8.11. The van der Waals surface area contributed by atoms with Gasteiger partial charge in [0.2, 0.25) is 0 Å². The van der Waals surface area contributed by atoms with Crippen molar-refractivity contribution >= 4 is 5.91 Å². The van der Waals surface area contributed by atoms with Crippen molar-refractivity contribution in [2.75, 3.05) is 6.54 Å². The molecular weight excluding hydrogens is 342 g/mol. The molecule has 0 atom stereocenters. The molecule has 136 valence electrons. The fraction of sp³-hybridized carbons (Fsp3) is 0.294. The van der Waals surface area contributed by atoms with E-state index in [0.717, 1.165) is 12.0 Å². The number of carbonyl (C=O) groups excluding carboxylic acids is 1. The summed E-state index contributed by atoms with van der Waals surface area (Å²) in [5, 5.41) is 14.1. The van der Waals surface area contributed by atoms with Crippen molar-refractivity contribution in [1.82, 2.24) is 30.1 Å². The number of hydrogen-bond donors (Lipinski definition) is 1. The summed E-state index contributed by atoms with van der Waals surface area (Å²) in [5.74, 6) is -0.185. The van der Waals surface area contributed by atoms with E-state index in [2.05, 4.69) is 20.7 Å². The van der Waals surface area contributed by atoms with Crippen LogP contribution in [-0.4, -0.2) is 37.2 Å². The number of nitrogens with zero attached hydrogens (tertiary/aromatic N) is 5. The highest BCUT2D eigenvalue weighted by atomic mass is 19.3. The average molecular weight is 360 g/mol. The van der Waals surface area contributed by atoms with Crippen LogP contribution in [0.4, 0.5) is 8.78 Å². The molecule has 0 fully saturated rings. The smallest absolute Gasteiger partial charge is 0.333 e. The zero-order valence-electron chi connectivity index (χ0n) is 14.1. The first-order valence-electron chi connectivity index (χ1n) is 8.11. The normalized spacial score (nSPS) is 11.1. The summed E-state index contributed by atoms with van der Waals surface area (Å²) in [4.78, 5) is 12.2. The minimum atomic E-state index is -2.67. The molecule has 26 heavy (non-hydrogen) atoms. The van der Waals surface area contributed by atoms with Gasteiger partial charge in [-0.25, -0.2) is 4.68 Å². The average Bonchev–Trinajstić information content (AvgIpc) is 3.28. The van der Waals surface area contributed by atoms with Gasteiger partial charge in [0.15, 0.2) is 0 Å². The summed E-state index contributed by atoms with van der Waals surface area (Å²) in [6, 6.07) is 6.79. The number of aromatic nitrogens is 5. The summed E-state index contributed by atoms with van der Waals surface area (Å²) in [6.07, 6.45) is 5.51. The van der Waals surface area contributed by atoms with Gasteiger partial charge < -0.3 is 5.32 Å². The third-order valence-corrected chi connectivity index (χ3v) is 4.01. The Morgan fingerprint density at radius 3 is 2.65 bits per heavy atom. The molecule has 0 aliphatic heterocycles. The summed E-state index contributed by atoms with van der Waals surface area (Å²) in [6.45, 7) is 0.101. The summed E-state index contributed by atoms with van der Waals surface area (Å²) in [5.41, 5.74) is 2.24. The van der Waals surface area contributed by atoms with Gasteiger partial charge in [0, 0.05) is 36.1 Å². The number of rotatable bonds is 7. The number of halogens is 2. The van der Waals surface area contributed by atoms with Crippen LogP contribution in [0.1, 0.15) is 29.0 Å². The van der Waals surface area contributed by atoms with Gasteiger partial charge in [-0.2, -0.15) is 13.9 Å². The third-order valence-electron chi connectivity index (χ3n) is 4.01. The molecule has 0 saturated heterocycles. The maximum atomic E-state index is 12.8. The van der Waals surface area contributed by atoms with E-state index in [1.807, 2.05) is 0 Å². The first kappa shape index (κ1) is 17.7. The third kappa shape index (κ3) is 3.93. The molecule has 0 radical (unpaired) electrons. The van der Waals surface area contributed by atoms with Crippen LogP contribution in [0.3, 0.4) is 0 Å². The number of alkyl halides is 2. The molecule has 1 aromatic carbocycles. The van der Waals surface area contributed by atoms with Crippen LogP contribution in [0.15, 0.2) is 42.9 Å². The minimum absolute atomic E-state index is 0.185. The SMILES string of the molecule is Cc1c(-c2ccc(C(=O)NCCCn3ccnn3)cc2)cnn1C(F)F. The van der Waals surface area contributed by atoms with Crippen molar-refractivity contribution in [3.8, 4) is 11.1 Å². The molecule has 3 aromatic rings. The van der Waals surface area contributed by atoms with Crippen LogP contribution < -0.4 is 5.32 Å². The van der Waals surface area contributed by atoms with E-state index in [0.29, 0.717) is 34.6 Å². The predicted octanol–water partition coefficient (Wildman–Crippen LogP) is 2.67. The van der Waals surface area contributed by atoms with Gasteiger partial charge in [-0.05, 0) is 31.0 Å². The standard InChI is InChI=1S/C17H18F2N6O/c1-12-15(11-22-25(12)17(18)19)13-3-5-14(6-4-13)16(26)20-7-2-9-24-10-8-21-23-24/h3-6,8,10-11,17H,2,7,9H2,1H3,(H,20,26). The second-order valence-corrected chi connectivity index (χ2v) is 5.72. The highest BCUT2D eigenvalue weighted by Crippen LogP contribution is 2.26. The summed E-state index contributed by atoms with van der Waals surface area (Å²) < 4.78 is 28.0. The van der Waals surface area contributed by atoms with Gasteiger partial charge in [-0.1, -0.05) is 17.3 Å². The molecule has 0 spiro atoms. The maximum absolute atomic E-state index is 12.8. The van der Waals surface area contributed by atoms with Gasteiger partial charge >= 0.3 is 6.55 Å². The Morgan fingerprint density at radius 2 is 2.04 bits per heavy atom. The maximum Gasteiger partial charge on any atom is 0.333 e. The lowest BCUT2D eigenvalue weighted by Gasteiger charge is -2.07. The van der Waals surface area contributed by atoms with E-state index < -0.39 is 6.55 Å². The van der Waals surface area contributed by atoms with Gasteiger partial charge in [-0.15, -0.1) is 5.10 Å². The highest BCUT2D eigenvalue weighted by Gasteiger charge is 2.15. The van der Waals surface area contributed by atoms with Gasteiger partial charge in [-0.3, -0.25) is 9.48 Å². The first-order chi connectivity index (χ1) is 12.6. The molecule has 3 rings (SSSR count). The second kappa shape index (κ2) is 7.85. The molecule has 0 aliphatic rings. The predicted molar refractivity (Wildman–Crippen MR) is 90.6 cm³/mol. The fourth-order valence-electron chi connectivity index (χ4n) is 2.60. The molecule has 1 N–H and O–H groups in total. The molecular formula is C17H18F2N6O. The summed E-state index contributed by atoms with van der Waals surface area (Å²) in [7, 11) is 0. The lowest BCUT2D eigenvalue weighted by Crippen LogP contribution is -2.25. The zero-order chi connectivity index (χ0) is 18.5. The monoisotopic (exact) mass is 360 g/mol. The van der Waals surface area contributed by atoms with E-state index >= 15 is 0 Å². The van der Waals surface area contributed by atoms with Crippen LogP contribution in [-0.2, 0) is 6.54 Å². The molecule has 2 heterocycles. The van der Waals surface area contributed by atoms with Crippen LogP contribution in [0.2, 0.25) is 0 Å². The van der Waals surface area contributed by atoms with E-state index in [9.17, 15) is 13.6 Å². The van der Waals surface area contributed by atoms with Crippen LogP contribution in [0, 0.1) is 6.92 Å². The van der Waals surface area contributed by atoms with Crippen molar-refractivity contribution in [2.45, 2.75) is 26.4 Å². The number of amides is 1. The van der Waals surface area contributed by atoms with E-state index in [1.165, 1.54) is 6.20 Å². The Kier molecular flexibility index (Phi) is 5.35. The number of benzene rings is 1. The number of aryl methyl sites for hydroxylation is 1. The molecule has 9 heteroatoms. The molecule has 2 aromatic heterocycles. The van der Waals surface area contributed by atoms with E-state index in [1.54, 1.807) is 48.3 Å². The van der Waals surface area contributed by atoms with Crippen molar-refractivity contribution < 1.29 is 13.6 Å². The summed E-state index contributed by atoms with van der Waals surface area (Å²) >= 11 is 0. The van der Waals surface area contributed by atoms with E-state index in [-0.39, 0.29) is 5.91 Å². The molecule has 1 amide bonds. The number of carbonyl (C=O) groups is 1. The Bertz CT molecular complexity index is 858. The number of nitrogens with one attached hydrogen (secondary N) is 1. The number of hydrogen-bond acceptors (Lipinski definition) is 4.